The van der Waals surface area contributed by atoms with Gasteiger partial charge in [0.15, 0.2) is 5.84 Å². The Morgan fingerprint density at radius 2 is 2.08 bits per heavy atom. The van der Waals surface area contributed by atoms with Gasteiger partial charge in [-0.15, -0.1) is 16.4 Å². The van der Waals surface area contributed by atoms with Crippen LogP contribution in [-0.2, 0) is 0 Å². The standard InChI is InChI=1S/C17H21FN4OS/c1-9(2)13(12-5-4-11(23)7-14(12)18)8-15-10(3)6-16(24-15)17(19)21-22-20/h4-9,22-23H,20H2,1-3H3,(H2,19,21)/b13-8+. The summed E-state index contributed by atoms with van der Waals surface area (Å²) in [6, 6.07) is 6.11. The summed E-state index contributed by atoms with van der Waals surface area (Å²) in [6.45, 7) is 5.95. The van der Waals surface area contributed by atoms with Gasteiger partial charge in [-0.2, -0.15) is 0 Å². The van der Waals surface area contributed by atoms with Crippen LogP contribution in [0.5, 0.6) is 5.75 Å². The highest BCUT2D eigenvalue weighted by Gasteiger charge is 2.15. The number of hydrazine groups is 1. The van der Waals surface area contributed by atoms with Gasteiger partial charge in [-0.25, -0.2) is 15.8 Å². The number of nitrogens with one attached hydrogen (secondary N) is 1. The Labute approximate surface area is 144 Å². The smallest absolute Gasteiger partial charge is 0.162 e. The summed E-state index contributed by atoms with van der Waals surface area (Å²) in [5.41, 5.74) is 10.3. The lowest BCUT2D eigenvalue weighted by molar-refractivity contribution is 0.468. The second-order valence-corrected chi connectivity index (χ2v) is 6.79. The molecule has 0 spiro atoms. The fraction of sp³-hybridized carbons (Fsp3) is 0.235. The number of aryl methyl sites for hydroxylation is 1. The molecule has 7 heteroatoms. The summed E-state index contributed by atoms with van der Waals surface area (Å²) >= 11 is 1.46. The average Bonchev–Trinajstić information content (AvgIpc) is 2.87. The number of phenolic OH excluding ortho intramolecular Hbond substituents is 1. The Morgan fingerprint density at radius 1 is 1.38 bits per heavy atom. The second kappa shape index (κ2) is 7.46. The number of benzene rings is 1. The van der Waals surface area contributed by atoms with Gasteiger partial charge in [-0.05, 0) is 48.3 Å². The van der Waals surface area contributed by atoms with Crippen molar-refractivity contribution in [2.45, 2.75) is 20.8 Å². The van der Waals surface area contributed by atoms with Crippen LogP contribution >= 0.6 is 11.3 Å². The normalized spacial score (nSPS) is 12.8. The van der Waals surface area contributed by atoms with Crippen molar-refractivity contribution in [1.29, 1.82) is 0 Å². The molecule has 0 atom stereocenters. The fourth-order valence-electron chi connectivity index (χ4n) is 2.33. The predicted molar refractivity (Wildman–Crippen MR) is 97.9 cm³/mol. The second-order valence-electron chi connectivity index (χ2n) is 5.70. The molecule has 0 bridgehead atoms. The number of amidine groups is 1. The molecule has 1 heterocycles. The molecule has 0 saturated carbocycles. The molecule has 1 aromatic heterocycles. The average molecular weight is 348 g/mol. The van der Waals surface area contributed by atoms with Crippen molar-refractivity contribution in [3.05, 3.63) is 51.0 Å². The van der Waals surface area contributed by atoms with Crippen molar-refractivity contribution in [2.75, 3.05) is 0 Å². The molecule has 0 aliphatic heterocycles. The van der Waals surface area contributed by atoms with Crippen LogP contribution in [0.25, 0.3) is 11.6 Å². The lowest BCUT2D eigenvalue weighted by Crippen LogP contribution is -2.22. The van der Waals surface area contributed by atoms with E-state index in [1.54, 1.807) is 6.07 Å². The summed E-state index contributed by atoms with van der Waals surface area (Å²) in [6.07, 6.45) is 1.95. The van der Waals surface area contributed by atoms with E-state index >= 15 is 0 Å². The van der Waals surface area contributed by atoms with Gasteiger partial charge < -0.3 is 10.8 Å². The predicted octanol–water partition coefficient (Wildman–Crippen LogP) is 3.18. The number of thiophene rings is 1. The van der Waals surface area contributed by atoms with E-state index in [1.807, 2.05) is 32.9 Å². The zero-order chi connectivity index (χ0) is 17.9. The third kappa shape index (κ3) is 3.93. The van der Waals surface area contributed by atoms with E-state index in [1.165, 1.54) is 17.4 Å². The monoisotopic (exact) mass is 348 g/mol. The SMILES string of the molecule is Cc1cc(/C(N)=N/NN)sc1/C=C(/c1ccc(O)cc1F)C(C)C. The largest absolute Gasteiger partial charge is 0.508 e. The quantitative estimate of drug-likeness (QED) is 0.289. The first-order valence-corrected chi connectivity index (χ1v) is 8.25. The van der Waals surface area contributed by atoms with Gasteiger partial charge in [0.2, 0.25) is 0 Å². The molecule has 0 fully saturated rings. The molecule has 0 unspecified atom stereocenters. The molecule has 5 nitrogen and oxygen atoms in total. The van der Waals surface area contributed by atoms with Gasteiger partial charge in [0.25, 0.3) is 0 Å². The van der Waals surface area contributed by atoms with E-state index in [9.17, 15) is 9.50 Å². The van der Waals surface area contributed by atoms with Crippen molar-refractivity contribution < 1.29 is 9.50 Å². The number of hydrogen-bond acceptors (Lipinski definition) is 5. The molecule has 1 aromatic carbocycles. The van der Waals surface area contributed by atoms with E-state index in [0.717, 1.165) is 27.0 Å². The highest BCUT2D eigenvalue weighted by Crippen LogP contribution is 2.33. The number of allylic oxidation sites excluding steroid dienone is 1. The van der Waals surface area contributed by atoms with Gasteiger partial charge in [-0.1, -0.05) is 13.8 Å². The molecule has 0 aliphatic rings. The lowest BCUT2D eigenvalue weighted by atomic mass is 9.93. The minimum absolute atomic E-state index is 0.0905. The van der Waals surface area contributed by atoms with Crippen LogP contribution in [0.3, 0.4) is 0 Å². The third-order valence-electron chi connectivity index (χ3n) is 3.57. The van der Waals surface area contributed by atoms with Crippen LogP contribution in [-0.4, -0.2) is 10.9 Å². The van der Waals surface area contributed by atoms with Gasteiger partial charge in [0, 0.05) is 16.5 Å². The minimum atomic E-state index is -0.446. The number of hydrazone groups is 1. The Morgan fingerprint density at radius 3 is 2.67 bits per heavy atom. The molecule has 0 radical (unpaired) electrons. The lowest BCUT2D eigenvalue weighted by Gasteiger charge is -2.13. The van der Waals surface area contributed by atoms with E-state index in [0.29, 0.717) is 11.4 Å². The van der Waals surface area contributed by atoms with Gasteiger partial charge in [-0.3, -0.25) is 0 Å². The van der Waals surface area contributed by atoms with Crippen molar-refractivity contribution in [3.8, 4) is 5.75 Å². The van der Waals surface area contributed by atoms with Crippen LogP contribution in [0.1, 0.15) is 34.7 Å². The number of aromatic hydroxyl groups is 1. The molecule has 24 heavy (non-hydrogen) atoms. The molecule has 0 amide bonds. The van der Waals surface area contributed by atoms with E-state index in [4.69, 9.17) is 11.6 Å². The molecule has 0 saturated heterocycles. The highest BCUT2D eigenvalue weighted by molar-refractivity contribution is 7.15. The van der Waals surface area contributed by atoms with Crippen molar-refractivity contribution in [2.24, 2.45) is 22.6 Å². The zero-order valence-electron chi connectivity index (χ0n) is 13.8. The van der Waals surface area contributed by atoms with E-state index in [2.05, 4.69) is 10.6 Å². The van der Waals surface area contributed by atoms with Crippen LogP contribution in [0, 0.1) is 18.7 Å². The molecule has 2 rings (SSSR count). The minimum Gasteiger partial charge on any atom is -0.508 e. The Hall–Kier alpha value is -2.38. The van der Waals surface area contributed by atoms with Crippen LogP contribution in [0.4, 0.5) is 4.39 Å². The Kier molecular flexibility index (Phi) is 5.58. The summed E-state index contributed by atoms with van der Waals surface area (Å²) in [5.74, 6) is 5.01. The van der Waals surface area contributed by atoms with Crippen molar-refractivity contribution in [3.63, 3.8) is 0 Å². The maximum atomic E-state index is 14.2. The molecule has 128 valence electrons. The van der Waals surface area contributed by atoms with Crippen molar-refractivity contribution >= 4 is 28.8 Å². The Balaban J connectivity index is 2.51. The number of hydrogen-bond donors (Lipinski definition) is 4. The summed E-state index contributed by atoms with van der Waals surface area (Å²) in [4.78, 5) is 1.75. The molecule has 0 aliphatic carbocycles. The number of nitrogens with zero attached hydrogens (tertiary/aromatic N) is 1. The number of phenols is 1. The summed E-state index contributed by atoms with van der Waals surface area (Å²) < 4.78 is 14.2. The summed E-state index contributed by atoms with van der Waals surface area (Å²) in [7, 11) is 0. The molecule has 6 N–H and O–H groups in total. The van der Waals surface area contributed by atoms with Crippen LogP contribution in [0.15, 0.2) is 29.4 Å². The topological polar surface area (TPSA) is 96.7 Å². The first kappa shape index (κ1) is 18.0. The number of halogens is 1. The Bertz CT molecular complexity index is 796. The maximum Gasteiger partial charge on any atom is 0.162 e. The number of rotatable bonds is 5. The van der Waals surface area contributed by atoms with E-state index in [-0.39, 0.29) is 11.7 Å². The zero-order valence-corrected chi connectivity index (χ0v) is 14.6. The van der Waals surface area contributed by atoms with Gasteiger partial charge in [0.05, 0.1) is 4.88 Å². The molecular formula is C17H21FN4OS. The summed E-state index contributed by atoms with van der Waals surface area (Å²) in [5, 5.41) is 13.2. The maximum absolute atomic E-state index is 14.2. The fourth-order valence-corrected chi connectivity index (χ4v) is 3.35. The van der Waals surface area contributed by atoms with Crippen LogP contribution < -0.4 is 17.1 Å². The van der Waals surface area contributed by atoms with Crippen molar-refractivity contribution in [1.82, 2.24) is 5.53 Å². The molecular weight excluding hydrogens is 327 g/mol. The number of nitrogens with two attached hydrogens (primary N) is 2. The third-order valence-corrected chi connectivity index (χ3v) is 4.77. The highest BCUT2D eigenvalue weighted by atomic mass is 32.1. The van der Waals surface area contributed by atoms with Crippen LogP contribution in [0.2, 0.25) is 0 Å². The van der Waals surface area contributed by atoms with Gasteiger partial charge >= 0.3 is 0 Å². The first-order chi connectivity index (χ1) is 11.3. The van der Waals surface area contributed by atoms with Gasteiger partial charge in [0.1, 0.15) is 11.6 Å². The molecule has 2 aromatic rings. The van der Waals surface area contributed by atoms with E-state index < -0.39 is 5.82 Å². The first-order valence-electron chi connectivity index (χ1n) is 7.43.